The van der Waals surface area contributed by atoms with Gasteiger partial charge in [-0.3, -0.25) is 0 Å². The van der Waals surface area contributed by atoms with Crippen LogP contribution in [-0.4, -0.2) is 7.11 Å². The number of para-hydroxylation sites is 1. The van der Waals surface area contributed by atoms with Crippen LogP contribution in [0.3, 0.4) is 0 Å². The van der Waals surface area contributed by atoms with Crippen molar-refractivity contribution in [2.45, 2.75) is 13.8 Å². The molecular weight excluding hydrogens is 143 g/mol. The molecule has 0 aromatic heterocycles. The summed E-state index contributed by atoms with van der Waals surface area (Å²) >= 11 is 0. The molecule has 0 aliphatic carbocycles. The van der Waals surface area contributed by atoms with Gasteiger partial charge in [-0.15, -0.1) is 0 Å². The fourth-order valence-electron chi connectivity index (χ4n) is 0.610. The van der Waals surface area contributed by atoms with Crippen LogP contribution in [0, 0.1) is 5.82 Å². The zero-order chi connectivity index (χ0) is 8.69. The Hall–Kier alpha value is -1.05. The van der Waals surface area contributed by atoms with E-state index in [2.05, 4.69) is 4.74 Å². The summed E-state index contributed by atoms with van der Waals surface area (Å²) in [6, 6.07) is 6.29. The Kier molecular flexibility index (Phi) is 5.17. The molecule has 0 bridgehead atoms. The van der Waals surface area contributed by atoms with Crippen LogP contribution in [0.2, 0.25) is 0 Å². The second-order valence-corrected chi connectivity index (χ2v) is 1.63. The molecule has 1 aromatic rings. The van der Waals surface area contributed by atoms with Gasteiger partial charge in [-0.25, -0.2) is 4.39 Å². The van der Waals surface area contributed by atoms with Gasteiger partial charge >= 0.3 is 0 Å². The van der Waals surface area contributed by atoms with Gasteiger partial charge in [-0.05, 0) is 12.1 Å². The monoisotopic (exact) mass is 156 g/mol. The maximum atomic E-state index is 12.5. The van der Waals surface area contributed by atoms with Crippen molar-refractivity contribution in [3.05, 3.63) is 30.1 Å². The molecule has 62 valence electrons. The maximum absolute atomic E-state index is 12.5. The van der Waals surface area contributed by atoms with Crippen molar-refractivity contribution in [1.29, 1.82) is 0 Å². The standard InChI is InChI=1S/C7H7FO.C2H6/c1-9-7-5-3-2-4-6(7)8;1-2/h2-5H,1H3;1-2H3. The zero-order valence-electron chi connectivity index (χ0n) is 7.10. The molecule has 0 N–H and O–H groups in total. The molecule has 11 heavy (non-hydrogen) atoms. The van der Waals surface area contributed by atoms with E-state index < -0.39 is 0 Å². The van der Waals surface area contributed by atoms with Gasteiger partial charge in [0.1, 0.15) is 0 Å². The SMILES string of the molecule is CC.COc1ccccc1F. The van der Waals surface area contributed by atoms with E-state index in [0.29, 0.717) is 0 Å². The van der Waals surface area contributed by atoms with Gasteiger partial charge in [-0.1, -0.05) is 26.0 Å². The quantitative estimate of drug-likeness (QED) is 0.607. The van der Waals surface area contributed by atoms with Gasteiger partial charge in [0.25, 0.3) is 0 Å². The number of benzene rings is 1. The van der Waals surface area contributed by atoms with Gasteiger partial charge in [-0.2, -0.15) is 0 Å². The maximum Gasteiger partial charge on any atom is 0.165 e. The van der Waals surface area contributed by atoms with Crippen LogP contribution in [0.15, 0.2) is 24.3 Å². The number of hydrogen-bond donors (Lipinski definition) is 0. The van der Waals surface area contributed by atoms with E-state index in [1.54, 1.807) is 18.2 Å². The number of halogens is 1. The highest BCUT2D eigenvalue weighted by Crippen LogP contribution is 2.13. The van der Waals surface area contributed by atoms with Crippen molar-refractivity contribution in [2.24, 2.45) is 0 Å². The highest BCUT2D eigenvalue weighted by atomic mass is 19.1. The van der Waals surface area contributed by atoms with Crippen LogP contribution in [0.5, 0.6) is 5.75 Å². The molecule has 1 nitrogen and oxygen atoms in total. The number of ether oxygens (including phenoxy) is 1. The Morgan fingerprint density at radius 2 is 1.73 bits per heavy atom. The molecule has 0 fully saturated rings. The molecule has 0 unspecified atom stereocenters. The lowest BCUT2D eigenvalue weighted by molar-refractivity contribution is 0.386. The number of hydrogen-bond acceptors (Lipinski definition) is 1. The molecule has 0 radical (unpaired) electrons. The third-order valence-electron chi connectivity index (χ3n) is 1.06. The van der Waals surface area contributed by atoms with Crippen molar-refractivity contribution >= 4 is 0 Å². The van der Waals surface area contributed by atoms with E-state index in [-0.39, 0.29) is 11.6 Å². The molecule has 0 heterocycles. The Morgan fingerprint density at radius 1 is 1.18 bits per heavy atom. The minimum Gasteiger partial charge on any atom is -0.494 e. The predicted octanol–water partition coefficient (Wildman–Crippen LogP) is 2.86. The predicted molar refractivity (Wildman–Crippen MR) is 44.3 cm³/mol. The second-order valence-electron chi connectivity index (χ2n) is 1.63. The zero-order valence-corrected chi connectivity index (χ0v) is 7.10. The smallest absolute Gasteiger partial charge is 0.165 e. The number of rotatable bonds is 1. The van der Waals surface area contributed by atoms with Crippen molar-refractivity contribution in [1.82, 2.24) is 0 Å². The second kappa shape index (κ2) is 5.71. The van der Waals surface area contributed by atoms with Gasteiger partial charge in [0.2, 0.25) is 0 Å². The van der Waals surface area contributed by atoms with Crippen LogP contribution in [0.25, 0.3) is 0 Å². The molecule has 1 aromatic carbocycles. The summed E-state index contributed by atoms with van der Waals surface area (Å²) in [5.74, 6) is -0.0301. The minimum atomic E-state index is -0.319. The molecule has 0 atom stereocenters. The summed E-state index contributed by atoms with van der Waals surface area (Å²) in [5, 5.41) is 0. The summed E-state index contributed by atoms with van der Waals surface area (Å²) in [4.78, 5) is 0. The lowest BCUT2D eigenvalue weighted by atomic mass is 10.3. The van der Waals surface area contributed by atoms with Crippen LogP contribution < -0.4 is 4.74 Å². The highest BCUT2D eigenvalue weighted by molar-refractivity contribution is 5.23. The van der Waals surface area contributed by atoms with Gasteiger partial charge in [0, 0.05) is 0 Å². The molecule has 0 saturated heterocycles. The topological polar surface area (TPSA) is 9.23 Å². The first-order valence-corrected chi connectivity index (χ1v) is 3.63. The van der Waals surface area contributed by atoms with Crippen molar-refractivity contribution in [3.63, 3.8) is 0 Å². The van der Waals surface area contributed by atoms with E-state index in [4.69, 9.17) is 0 Å². The van der Waals surface area contributed by atoms with E-state index in [0.717, 1.165) is 0 Å². The Labute approximate surface area is 66.8 Å². The molecule has 0 aliphatic heterocycles. The van der Waals surface area contributed by atoms with Crippen LogP contribution >= 0.6 is 0 Å². The summed E-state index contributed by atoms with van der Waals surface area (Å²) in [6.07, 6.45) is 0. The lowest BCUT2D eigenvalue weighted by Crippen LogP contribution is -1.85. The Balaban J connectivity index is 0.000000461. The van der Waals surface area contributed by atoms with Crippen molar-refractivity contribution in [3.8, 4) is 5.75 Å². The first-order valence-electron chi connectivity index (χ1n) is 3.63. The number of methoxy groups -OCH3 is 1. The summed E-state index contributed by atoms with van der Waals surface area (Å²) in [5.41, 5.74) is 0. The largest absolute Gasteiger partial charge is 0.494 e. The highest BCUT2D eigenvalue weighted by Gasteiger charge is 1.95. The molecular formula is C9H13FO. The van der Waals surface area contributed by atoms with Gasteiger partial charge in [0.15, 0.2) is 11.6 Å². The lowest BCUT2D eigenvalue weighted by Gasteiger charge is -1.97. The average molecular weight is 156 g/mol. The third-order valence-corrected chi connectivity index (χ3v) is 1.06. The minimum absolute atomic E-state index is 0.289. The Morgan fingerprint density at radius 3 is 2.09 bits per heavy atom. The van der Waals surface area contributed by atoms with Crippen LogP contribution in [0.1, 0.15) is 13.8 Å². The molecule has 0 spiro atoms. The normalized spacial score (nSPS) is 8.00. The van der Waals surface area contributed by atoms with Crippen molar-refractivity contribution in [2.75, 3.05) is 7.11 Å². The first kappa shape index (κ1) is 9.95. The van der Waals surface area contributed by atoms with Crippen LogP contribution in [-0.2, 0) is 0 Å². The molecule has 0 saturated carbocycles. The summed E-state index contributed by atoms with van der Waals surface area (Å²) in [7, 11) is 1.44. The molecule has 1 rings (SSSR count). The fraction of sp³-hybridized carbons (Fsp3) is 0.333. The Bertz CT molecular complexity index is 199. The molecule has 0 aliphatic rings. The third kappa shape index (κ3) is 3.03. The first-order chi connectivity index (χ1) is 5.34. The van der Waals surface area contributed by atoms with E-state index in [9.17, 15) is 4.39 Å². The van der Waals surface area contributed by atoms with Gasteiger partial charge < -0.3 is 4.74 Å². The van der Waals surface area contributed by atoms with E-state index in [1.807, 2.05) is 13.8 Å². The van der Waals surface area contributed by atoms with Crippen LogP contribution in [0.4, 0.5) is 4.39 Å². The van der Waals surface area contributed by atoms with Crippen molar-refractivity contribution < 1.29 is 9.13 Å². The average Bonchev–Trinajstić information content (AvgIpc) is 2.09. The molecule has 2 heteroatoms. The summed E-state index contributed by atoms with van der Waals surface area (Å²) in [6.45, 7) is 4.00. The van der Waals surface area contributed by atoms with E-state index in [1.165, 1.54) is 13.2 Å². The van der Waals surface area contributed by atoms with E-state index >= 15 is 0 Å². The molecule has 0 amide bonds. The summed E-state index contributed by atoms with van der Waals surface area (Å²) < 4.78 is 17.1. The van der Waals surface area contributed by atoms with Gasteiger partial charge in [0.05, 0.1) is 7.11 Å². The fourth-order valence-corrected chi connectivity index (χ4v) is 0.610.